The van der Waals surface area contributed by atoms with Gasteiger partial charge in [-0.3, -0.25) is 20.0 Å². The number of anilines is 1. The van der Waals surface area contributed by atoms with Crippen LogP contribution in [0.1, 0.15) is 36.7 Å². The van der Waals surface area contributed by atoms with Crippen LogP contribution in [-0.2, 0) is 11.3 Å². The zero-order valence-electron chi connectivity index (χ0n) is 19.4. The first-order valence-corrected chi connectivity index (χ1v) is 11.2. The van der Waals surface area contributed by atoms with E-state index >= 15 is 0 Å². The number of pyridine rings is 1. The van der Waals surface area contributed by atoms with Crippen LogP contribution in [0, 0.1) is 0 Å². The second kappa shape index (κ2) is 9.58. The topological polar surface area (TPSA) is 74.8 Å². The molecule has 2 amide bonds. The predicted octanol–water partition coefficient (Wildman–Crippen LogP) is 4.54. The summed E-state index contributed by atoms with van der Waals surface area (Å²) in [5.74, 6) is -0.0900. The van der Waals surface area contributed by atoms with Crippen LogP contribution < -0.4 is 5.32 Å². The highest BCUT2D eigenvalue weighted by Gasteiger charge is 2.26. The van der Waals surface area contributed by atoms with E-state index in [1.807, 2.05) is 74.3 Å². The first-order chi connectivity index (χ1) is 15.8. The lowest BCUT2D eigenvalue weighted by Crippen LogP contribution is -2.48. The first kappa shape index (κ1) is 22.7. The number of rotatable bonds is 4. The highest BCUT2D eigenvalue weighted by Crippen LogP contribution is 2.27. The Hall–Kier alpha value is -3.45. The summed E-state index contributed by atoms with van der Waals surface area (Å²) in [6.07, 6.45) is 3.07. The Morgan fingerprint density at radius 3 is 2.33 bits per heavy atom. The fraction of sp³-hybridized carbons (Fsp3) is 0.346. The fourth-order valence-corrected chi connectivity index (χ4v) is 3.96. The van der Waals surface area contributed by atoms with E-state index in [0.29, 0.717) is 24.3 Å². The number of nitrogens with one attached hydrogen (secondary N) is 1. The molecule has 172 valence electrons. The fourth-order valence-electron chi connectivity index (χ4n) is 3.96. The Balaban J connectivity index is 1.51. The number of amides is 2. The number of carbonyl (C=O) groups is 2. The lowest BCUT2D eigenvalue weighted by molar-refractivity contribution is 0.0629. The van der Waals surface area contributed by atoms with E-state index in [4.69, 9.17) is 4.74 Å². The third-order valence-corrected chi connectivity index (χ3v) is 5.54. The SMILES string of the molecule is CC(C)(C)OC(=O)Nc1cc2ccccc2cc1C(=O)N1CCN(Cc2cccnc2)CC1. The van der Waals surface area contributed by atoms with Gasteiger partial charge in [-0.05, 0) is 55.3 Å². The standard InChI is InChI=1S/C26H30N4O3/c1-26(2,3)33-25(32)28-23-16-21-9-5-4-8-20(21)15-22(23)24(31)30-13-11-29(12-14-30)18-19-7-6-10-27-17-19/h4-10,15-17H,11-14,18H2,1-3H3,(H,28,32). The highest BCUT2D eigenvalue weighted by molar-refractivity contribution is 6.07. The predicted molar refractivity (Wildman–Crippen MR) is 129 cm³/mol. The van der Waals surface area contributed by atoms with Crippen molar-refractivity contribution in [2.24, 2.45) is 0 Å². The van der Waals surface area contributed by atoms with E-state index in [2.05, 4.69) is 21.3 Å². The number of carbonyl (C=O) groups excluding carboxylic acids is 2. The molecule has 2 aromatic carbocycles. The summed E-state index contributed by atoms with van der Waals surface area (Å²) >= 11 is 0. The maximum absolute atomic E-state index is 13.5. The molecule has 33 heavy (non-hydrogen) atoms. The molecule has 1 aliphatic heterocycles. The number of piperazine rings is 1. The van der Waals surface area contributed by atoms with Gasteiger partial charge in [-0.2, -0.15) is 0 Å². The number of hydrogen-bond acceptors (Lipinski definition) is 5. The molecule has 7 heteroatoms. The Morgan fingerprint density at radius 2 is 1.70 bits per heavy atom. The summed E-state index contributed by atoms with van der Waals surface area (Å²) < 4.78 is 5.42. The zero-order valence-corrected chi connectivity index (χ0v) is 19.4. The van der Waals surface area contributed by atoms with Gasteiger partial charge < -0.3 is 9.64 Å². The maximum Gasteiger partial charge on any atom is 0.412 e. The molecule has 0 saturated carbocycles. The van der Waals surface area contributed by atoms with Crippen molar-refractivity contribution in [2.75, 3.05) is 31.5 Å². The largest absolute Gasteiger partial charge is 0.444 e. The molecule has 2 heterocycles. The van der Waals surface area contributed by atoms with E-state index in [1.165, 1.54) is 0 Å². The summed E-state index contributed by atoms with van der Waals surface area (Å²) in [4.78, 5) is 34.3. The normalized spacial score (nSPS) is 14.8. The van der Waals surface area contributed by atoms with E-state index in [9.17, 15) is 9.59 Å². The molecule has 0 spiro atoms. The molecule has 0 aliphatic carbocycles. The summed E-state index contributed by atoms with van der Waals surface area (Å²) in [5.41, 5.74) is 1.47. The molecular formula is C26H30N4O3. The van der Waals surface area contributed by atoms with Crippen LogP contribution in [0.4, 0.5) is 10.5 Å². The third kappa shape index (κ3) is 5.87. The number of fused-ring (bicyclic) bond motifs is 1. The molecule has 3 aromatic rings. The van der Waals surface area contributed by atoms with Gasteiger partial charge in [0.1, 0.15) is 5.60 Å². The Labute approximate surface area is 194 Å². The molecule has 0 atom stereocenters. The Morgan fingerprint density at radius 1 is 1.00 bits per heavy atom. The van der Waals surface area contributed by atoms with Crippen LogP contribution in [0.15, 0.2) is 60.9 Å². The van der Waals surface area contributed by atoms with Crippen molar-refractivity contribution in [3.8, 4) is 0 Å². The van der Waals surface area contributed by atoms with Gasteiger partial charge in [0.05, 0.1) is 11.3 Å². The van der Waals surface area contributed by atoms with Crippen molar-refractivity contribution in [3.05, 3.63) is 72.1 Å². The maximum atomic E-state index is 13.5. The summed E-state index contributed by atoms with van der Waals surface area (Å²) in [7, 11) is 0. The van der Waals surface area contributed by atoms with Gasteiger partial charge in [0.15, 0.2) is 0 Å². The number of aromatic nitrogens is 1. The summed E-state index contributed by atoms with van der Waals surface area (Å²) in [6.45, 7) is 9.05. The van der Waals surface area contributed by atoms with Crippen LogP contribution in [0.5, 0.6) is 0 Å². The lowest BCUT2D eigenvalue weighted by Gasteiger charge is -2.35. The van der Waals surface area contributed by atoms with E-state index in [0.717, 1.165) is 36.0 Å². The summed E-state index contributed by atoms with van der Waals surface area (Å²) in [6, 6.07) is 15.5. The van der Waals surface area contributed by atoms with E-state index in [1.54, 1.807) is 6.20 Å². The lowest BCUT2D eigenvalue weighted by atomic mass is 10.0. The van der Waals surface area contributed by atoms with Crippen LogP contribution in [0.2, 0.25) is 0 Å². The van der Waals surface area contributed by atoms with Gasteiger partial charge in [-0.25, -0.2) is 4.79 Å². The molecule has 1 fully saturated rings. The molecule has 1 N–H and O–H groups in total. The molecular weight excluding hydrogens is 416 g/mol. The second-order valence-electron chi connectivity index (χ2n) is 9.30. The van der Waals surface area contributed by atoms with Gasteiger partial charge >= 0.3 is 6.09 Å². The van der Waals surface area contributed by atoms with E-state index < -0.39 is 11.7 Å². The molecule has 0 unspecified atom stereocenters. The van der Waals surface area contributed by atoms with Gasteiger partial charge in [0.2, 0.25) is 0 Å². The minimum atomic E-state index is -0.629. The smallest absolute Gasteiger partial charge is 0.412 e. The molecule has 0 bridgehead atoms. The minimum Gasteiger partial charge on any atom is -0.444 e. The Bertz CT molecular complexity index is 1130. The second-order valence-corrected chi connectivity index (χ2v) is 9.30. The summed E-state index contributed by atoms with van der Waals surface area (Å²) in [5, 5.41) is 4.69. The quantitative estimate of drug-likeness (QED) is 0.637. The van der Waals surface area contributed by atoms with Gasteiger partial charge in [0, 0.05) is 45.1 Å². The zero-order chi connectivity index (χ0) is 23.4. The van der Waals surface area contributed by atoms with Crippen molar-refractivity contribution >= 4 is 28.5 Å². The van der Waals surface area contributed by atoms with Crippen molar-refractivity contribution in [3.63, 3.8) is 0 Å². The van der Waals surface area contributed by atoms with Gasteiger partial charge in [-0.15, -0.1) is 0 Å². The molecule has 7 nitrogen and oxygen atoms in total. The van der Waals surface area contributed by atoms with Crippen LogP contribution in [0.3, 0.4) is 0 Å². The molecule has 1 aromatic heterocycles. The highest BCUT2D eigenvalue weighted by atomic mass is 16.6. The van der Waals surface area contributed by atoms with Gasteiger partial charge in [-0.1, -0.05) is 30.3 Å². The minimum absolute atomic E-state index is 0.0900. The molecule has 0 radical (unpaired) electrons. The number of nitrogens with zero attached hydrogens (tertiary/aromatic N) is 3. The number of hydrogen-bond donors (Lipinski definition) is 1. The van der Waals surface area contributed by atoms with Crippen LogP contribution in [0.25, 0.3) is 10.8 Å². The average Bonchev–Trinajstić information content (AvgIpc) is 2.78. The van der Waals surface area contributed by atoms with Crippen molar-refractivity contribution < 1.29 is 14.3 Å². The van der Waals surface area contributed by atoms with Crippen molar-refractivity contribution in [2.45, 2.75) is 32.9 Å². The monoisotopic (exact) mass is 446 g/mol. The molecule has 1 aliphatic rings. The first-order valence-electron chi connectivity index (χ1n) is 11.2. The third-order valence-electron chi connectivity index (χ3n) is 5.54. The van der Waals surface area contributed by atoms with Crippen molar-refractivity contribution in [1.82, 2.24) is 14.8 Å². The molecule has 4 rings (SSSR count). The number of ether oxygens (including phenoxy) is 1. The van der Waals surface area contributed by atoms with E-state index in [-0.39, 0.29) is 5.91 Å². The van der Waals surface area contributed by atoms with Crippen LogP contribution >= 0.6 is 0 Å². The molecule has 1 saturated heterocycles. The average molecular weight is 447 g/mol. The number of benzene rings is 2. The van der Waals surface area contributed by atoms with Crippen molar-refractivity contribution in [1.29, 1.82) is 0 Å². The van der Waals surface area contributed by atoms with Gasteiger partial charge in [0.25, 0.3) is 5.91 Å². The van der Waals surface area contributed by atoms with Crippen LogP contribution in [-0.4, -0.2) is 58.6 Å². The Kier molecular flexibility index (Phi) is 6.60.